The molecule has 0 radical (unpaired) electrons. The molecule has 104 valence electrons. The van der Waals surface area contributed by atoms with E-state index in [2.05, 4.69) is 20.8 Å². The van der Waals surface area contributed by atoms with Crippen LogP contribution in [-0.2, 0) is 9.59 Å². The minimum atomic E-state index is -0.822. The van der Waals surface area contributed by atoms with Gasteiger partial charge in [0.15, 0.2) is 0 Å². The zero-order valence-corrected chi connectivity index (χ0v) is 12.2. The minimum Gasteiger partial charge on any atom is -0.481 e. The molecule has 0 aliphatic carbocycles. The van der Waals surface area contributed by atoms with Crippen LogP contribution in [0.4, 0.5) is 0 Å². The molecule has 2 atom stereocenters. The van der Waals surface area contributed by atoms with E-state index < -0.39 is 5.97 Å². The number of rotatable bonds is 5. The van der Waals surface area contributed by atoms with Crippen LogP contribution in [0, 0.1) is 11.8 Å². The van der Waals surface area contributed by atoms with Crippen molar-refractivity contribution in [3.63, 3.8) is 0 Å². The lowest BCUT2D eigenvalue weighted by atomic mass is 9.94. The topological polar surface area (TPSA) is 57.6 Å². The fraction of sp³-hybridized carbons (Fsp3) is 0.846. The van der Waals surface area contributed by atoms with E-state index in [1.807, 2.05) is 0 Å². The summed E-state index contributed by atoms with van der Waals surface area (Å²) in [5.41, 5.74) is 0. The zero-order valence-electron chi connectivity index (χ0n) is 11.4. The molecule has 0 aromatic heterocycles. The van der Waals surface area contributed by atoms with Crippen LogP contribution in [0.25, 0.3) is 0 Å². The highest BCUT2D eigenvalue weighted by molar-refractivity contribution is 7.99. The first-order chi connectivity index (χ1) is 8.41. The van der Waals surface area contributed by atoms with Gasteiger partial charge >= 0.3 is 5.97 Å². The highest BCUT2D eigenvalue weighted by Gasteiger charge is 2.29. The molecule has 1 rings (SSSR count). The van der Waals surface area contributed by atoms with E-state index >= 15 is 0 Å². The normalized spacial score (nSPS) is 22.0. The maximum absolute atomic E-state index is 12.2. The molecule has 1 saturated heterocycles. The summed E-state index contributed by atoms with van der Waals surface area (Å²) >= 11 is 1.73. The number of amides is 1. The molecule has 0 saturated carbocycles. The average molecular weight is 273 g/mol. The molecule has 2 unspecified atom stereocenters. The number of carbonyl (C=O) groups excluding carboxylic acids is 1. The molecule has 1 amide bonds. The van der Waals surface area contributed by atoms with Gasteiger partial charge in [-0.2, -0.15) is 11.8 Å². The van der Waals surface area contributed by atoms with E-state index in [-0.39, 0.29) is 18.4 Å². The number of carbonyl (C=O) groups is 2. The molecule has 1 N–H and O–H groups in total. The molecular weight excluding hydrogens is 250 g/mol. The van der Waals surface area contributed by atoms with Gasteiger partial charge in [0.2, 0.25) is 5.91 Å². The van der Waals surface area contributed by atoms with Gasteiger partial charge in [-0.1, -0.05) is 20.8 Å². The lowest BCUT2D eigenvalue weighted by Gasteiger charge is -2.35. The predicted octanol–water partition coefficient (Wildman–Crippen LogP) is 2.09. The van der Waals surface area contributed by atoms with Crippen LogP contribution in [0.1, 0.15) is 33.6 Å². The van der Waals surface area contributed by atoms with Crippen molar-refractivity contribution >= 4 is 23.6 Å². The van der Waals surface area contributed by atoms with Gasteiger partial charge in [-0.05, 0) is 11.8 Å². The Kier molecular flexibility index (Phi) is 5.99. The van der Waals surface area contributed by atoms with Crippen molar-refractivity contribution in [1.29, 1.82) is 0 Å². The number of thioether (sulfide) groups is 1. The molecule has 0 aromatic carbocycles. The SMILES string of the molecule is CC(C)C(C)CC(=O)N1CCSCC1CC(=O)O. The standard InChI is InChI=1S/C13H23NO3S/c1-9(2)10(3)6-12(15)14-4-5-18-8-11(14)7-13(16)17/h9-11H,4-8H2,1-3H3,(H,16,17). The van der Waals surface area contributed by atoms with Gasteiger partial charge < -0.3 is 10.0 Å². The van der Waals surface area contributed by atoms with Crippen molar-refractivity contribution in [2.24, 2.45) is 11.8 Å². The quantitative estimate of drug-likeness (QED) is 0.833. The second-order valence-electron chi connectivity index (χ2n) is 5.34. The maximum Gasteiger partial charge on any atom is 0.305 e. The average Bonchev–Trinajstić information content (AvgIpc) is 2.28. The third-order valence-electron chi connectivity index (χ3n) is 3.59. The summed E-state index contributed by atoms with van der Waals surface area (Å²) in [7, 11) is 0. The third-order valence-corrected chi connectivity index (χ3v) is 4.68. The van der Waals surface area contributed by atoms with Gasteiger partial charge in [-0.25, -0.2) is 0 Å². The van der Waals surface area contributed by atoms with Crippen molar-refractivity contribution in [3.8, 4) is 0 Å². The molecule has 0 spiro atoms. The highest BCUT2D eigenvalue weighted by Crippen LogP contribution is 2.22. The van der Waals surface area contributed by atoms with Crippen molar-refractivity contribution in [3.05, 3.63) is 0 Å². The van der Waals surface area contributed by atoms with Gasteiger partial charge in [0.1, 0.15) is 0 Å². The van der Waals surface area contributed by atoms with Crippen LogP contribution in [0.5, 0.6) is 0 Å². The molecule has 0 bridgehead atoms. The highest BCUT2D eigenvalue weighted by atomic mass is 32.2. The molecule has 1 aliphatic rings. The lowest BCUT2D eigenvalue weighted by molar-refractivity contribution is -0.140. The Labute approximate surface area is 113 Å². The summed E-state index contributed by atoms with van der Waals surface area (Å²) in [5.74, 6) is 1.77. The minimum absolute atomic E-state index is 0.0643. The number of aliphatic carboxylic acids is 1. The summed E-state index contributed by atoms with van der Waals surface area (Å²) in [6.45, 7) is 6.98. The fourth-order valence-corrected chi connectivity index (χ4v) is 3.04. The molecule has 4 nitrogen and oxygen atoms in total. The fourth-order valence-electron chi connectivity index (χ4n) is 1.98. The van der Waals surface area contributed by atoms with Gasteiger partial charge in [-0.15, -0.1) is 0 Å². The van der Waals surface area contributed by atoms with Crippen LogP contribution in [-0.4, -0.2) is 46.0 Å². The van der Waals surface area contributed by atoms with Gasteiger partial charge in [0.05, 0.1) is 12.5 Å². The predicted molar refractivity (Wildman–Crippen MR) is 73.7 cm³/mol. The van der Waals surface area contributed by atoms with Crippen LogP contribution >= 0.6 is 11.8 Å². The molecular formula is C13H23NO3S. The molecule has 0 aromatic rings. The molecule has 5 heteroatoms. The lowest BCUT2D eigenvalue weighted by Crippen LogP contribution is -2.47. The van der Waals surface area contributed by atoms with Crippen molar-refractivity contribution in [1.82, 2.24) is 4.90 Å². The summed E-state index contributed by atoms with van der Waals surface area (Å²) in [4.78, 5) is 24.8. The zero-order chi connectivity index (χ0) is 13.7. The van der Waals surface area contributed by atoms with E-state index in [1.165, 1.54) is 0 Å². The Morgan fingerprint density at radius 1 is 1.39 bits per heavy atom. The first-order valence-corrected chi connectivity index (χ1v) is 7.66. The number of hydrogen-bond donors (Lipinski definition) is 1. The first-order valence-electron chi connectivity index (χ1n) is 6.50. The van der Waals surface area contributed by atoms with Crippen LogP contribution < -0.4 is 0 Å². The number of carboxylic acids is 1. The van der Waals surface area contributed by atoms with Crippen LogP contribution in [0.15, 0.2) is 0 Å². The molecule has 1 fully saturated rings. The number of carboxylic acid groups (broad SMARTS) is 1. The largest absolute Gasteiger partial charge is 0.481 e. The molecule has 1 aliphatic heterocycles. The molecule has 1 heterocycles. The van der Waals surface area contributed by atoms with Crippen molar-refractivity contribution in [2.75, 3.05) is 18.1 Å². The monoisotopic (exact) mass is 273 g/mol. The maximum atomic E-state index is 12.2. The molecule has 18 heavy (non-hydrogen) atoms. The van der Waals surface area contributed by atoms with E-state index in [1.54, 1.807) is 16.7 Å². The van der Waals surface area contributed by atoms with E-state index in [0.717, 1.165) is 11.5 Å². The Morgan fingerprint density at radius 3 is 2.61 bits per heavy atom. The summed E-state index contributed by atoms with van der Waals surface area (Å²) in [5, 5.41) is 8.89. The van der Waals surface area contributed by atoms with Gasteiger partial charge in [-0.3, -0.25) is 9.59 Å². The second-order valence-corrected chi connectivity index (χ2v) is 6.49. The van der Waals surface area contributed by atoms with E-state index in [4.69, 9.17) is 5.11 Å². The second kappa shape index (κ2) is 7.02. The Hall–Kier alpha value is -0.710. The van der Waals surface area contributed by atoms with Crippen molar-refractivity contribution in [2.45, 2.75) is 39.7 Å². The van der Waals surface area contributed by atoms with E-state index in [0.29, 0.717) is 24.8 Å². The third kappa shape index (κ3) is 4.52. The summed E-state index contributed by atoms with van der Waals surface area (Å²) in [6, 6.07) is -0.131. The Morgan fingerprint density at radius 2 is 2.06 bits per heavy atom. The number of nitrogens with zero attached hydrogens (tertiary/aromatic N) is 1. The Balaban J connectivity index is 2.59. The van der Waals surface area contributed by atoms with E-state index in [9.17, 15) is 9.59 Å². The summed E-state index contributed by atoms with van der Waals surface area (Å²) < 4.78 is 0. The van der Waals surface area contributed by atoms with Crippen LogP contribution in [0.2, 0.25) is 0 Å². The first kappa shape index (κ1) is 15.3. The van der Waals surface area contributed by atoms with Crippen molar-refractivity contribution < 1.29 is 14.7 Å². The van der Waals surface area contributed by atoms with Crippen LogP contribution in [0.3, 0.4) is 0 Å². The summed E-state index contributed by atoms with van der Waals surface area (Å²) in [6.07, 6.45) is 0.591. The van der Waals surface area contributed by atoms with Gasteiger partial charge in [0, 0.05) is 24.5 Å². The smallest absolute Gasteiger partial charge is 0.305 e. The van der Waals surface area contributed by atoms with Gasteiger partial charge in [0.25, 0.3) is 0 Å². The number of hydrogen-bond acceptors (Lipinski definition) is 3. The Bertz CT molecular complexity index is 307.